The maximum atomic E-state index is 13.3. The van der Waals surface area contributed by atoms with Crippen molar-refractivity contribution in [3.8, 4) is 11.5 Å². The molecule has 0 N–H and O–H groups in total. The van der Waals surface area contributed by atoms with E-state index in [1.165, 1.54) is 30.7 Å². The molecule has 0 radical (unpaired) electrons. The highest BCUT2D eigenvalue weighted by Gasteiger charge is 2.40. The first-order valence-corrected chi connectivity index (χ1v) is 11.3. The molecule has 2 rings (SSSR count). The molecule has 1 aromatic carbocycles. The summed E-state index contributed by atoms with van der Waals surface area (Å²) in [6, 6.07) is 3.99. The van der Waals surface area contributed by atoms with Gasteiger partial charge in [0, 0.05) is 18.7 Å². The number of sulfonamides is 1. The third kappa shape index (κ3) is 4.45. The molecule has 1 saturated heterocycles. The molecule has 0 amide bonds. The summed E-state index contributed by atoms with van der Waals surface area (Å²) in [5, 5.41) is 0. The summed E-state index contributed by atoms with van der Waals surface area (Å²) in [5.41, 5.74) is 0. The molecule has 1 atom stereocenters. The average Bonchev–Trinajstić information content (AvgIpc) is 2.91. The largest absolute Gasteiger partial charge is 0.497 e. The molecular weight excluding hydrogens is 366 g/mol. The van der Waals surface area contributed by atoms with Gasteiger partial charge in [0.15, 0.2) is 9.84 Å². The van der Waals surface area contributed by atoms with Gasteiger partial charge in [-0.15, -0.1) is 0 Å². The third-order valence-corrected chi connectivity index (χ3v) is 7.81. The van der Waals surface area contributed by atoms with Crippen LogP contribution in [0.15, 0.2) is 23.1 Å². The molecular formula is C16H25NO6S2. The first-order chi connectivity index (χ1) is 11.6. The molecule has 7 nitrogen and oxygen atoms in total. The summed E-state index contributed by atoms with van der Waals surface area (Å²) in [5.74, 6) is 0.510. The Balaban J connectivity index is 2.52. The highest BCUT2D eigenvalue weighted by atomic mass is 32.2. The second-order valence-corrected chi connectivity index (χ2v) is 10.6. The van der Waals surface area contributed by atoms with Crippen molar-refractivity contribution in [3.63, 3.8) is 0 Å². The quantitative estimate of drug-likeness (QED) is 0.700. The van der Waals surface area contributed by atoms with Crippen molar-refractivity contribution in [1.29, 1.82) is 0 Å². The maximum Gasteiger partial charge on any atom is 0.247 e. The molecule has 1 aliphatic rings. The molecule has 1 heterocycles. The number of hydrogen-bond acceptors (Lipinski definition) is 6. The SMILES string of the molecule is COc1ccc(OC)c(S(=O)(=O)N(CC(C)C)[C@H]2CCS(=O)(=O)C2)c1. The number of hydrogen-bond donors (Lipinski definition) is 0. The van der Waals surface area contributed by atoms with Crippen LogP contribution in [0.3, 0.4) is 0 Å². The first-order valence-electron chi connectivity index (χ1n) is 8.05. The fourth-order valence-electron chi connectivity index (χ4n) is 2.92. The van der Waals surface area contributed by atoms with Crippen LogP contribution in [0.5, 0.6) is 11.5 Å². The summed E-state index contributed by atoms with van der Waals surface area (Å²) in [6.07, 6.45) is 0.306. The van der Waals surface area contributed by atoms with E-state index in [-0.39, 0.29) is 34.6 Å². The Morgan fingerprint density at radius 2 is 1.92 bits per heavy atom. The Hall–Kier alpha value is -1.32. The lowest BCUT2D eigenvalue weighted by molar-refractivity contribution is 0.305. The van der Waals surface area contributed by atoms with Crippen molar-refractivity contribution >= 4 is 19.9 Å². The van der Waals surface area contributed by atoms with E-state index in [1.54, 1.807) is 6.07 Å². The van der Waals surface area contributed by atoms with Crippen molar-refractivity contribution in [2.45, 2.75) is 31.2 Å². The van der Waals surface area contributed by atoms with Crippen LogP contribution in [-0.4, -0.2) is 59.5 Å². The normalized spacial score (nSPS) is 20.2. The van der Waals surface area contributed by atoms with E-state index in [0.717, 1.165) is 0 Å². The molecule has 0 saturated carbocycles. The lowest BCUT2D eigenvalue weighted by atomic mass is 10.2. The van der Waals surface area contributed by atoms with Gasteiger partial charge in [-0.3, -0.25) is 0 Å². The van der Waals surface area contributed by atoms with Gasteiger partial charge in [0.05, 0.1) is 25.7 Å². The number of nitrogens with zero attached hydrogens (tertiary/aromatic N) is 1. The Morgan fingerprint density at radius 3 is 2.40 bits per heavy atom. The highest BCUT2D eigenvalue weighted by Crippen LogP contribution is 2.33. The topological polar surface area (TPSA) is 90.0 Å². The lowest BCUT2D eigenvalue weighted by Gasteiger charge is -2.29. The fraction of sp³-hybridized carbons (Fsp3) is 0.625. The minimum absolute atomic E-state index is 0.0109. The second kappa shape index (κ2) is 7.51. The molecule has 1 aromatic rings. The molecule has 142 valence electrons. The minimum atomic E-state index is -3.94. The lowest BCUT2D eigenvalue weighted by Crippen LogP contribution is -2.43. The molecule has 1 fully saturated rings. The van der Waals surface area contributed by atoms with Crippen molar-refractivity contribution in [3.05, 3.63) is 18.2 Å². The van der Waals surface area contributed by atoms with Gasteiger partial charge < -0.3 is 9.47 Å². The van der Waals surface area contributed by atoms with Crippen LogP contribution in [0.25, 0.3) is 0 Å². The van der Waals surface area contributed by atoms with Crippen molar-refractivity contribution in [2.24, 2.45) is 5.92 Å². The molecule has 0 aliphatic carbocycles. The zero-order valence-corrected chi connectivity index (χ0v) is 16.6. The minimum Gasteiger partial charge on any atom is -0.497 e. The number of benzene rings is 1. The smallest absolute Gasteiger partial charge is 0.247 e. The molecule has 9 heteroatoms. The summed E-state index contributed by atoms with van der Waals surface area (Å²) < 4.78 is 62.0. The monoisotopic (exact) mass is 391 g/mol. The summed E-state index contributed by atoms with van der Waals surface area (Å²) in [6.45, 7) is 4.03. The van der Waals surface area contributed by atoms with Gasteiger partial charge in [0.2, 0.25) is 10.0 Å². The van der Waals surface area contributed by atoms with Crippen LogP contribution >= 0.6 is 0 Å². The van der Waals surface area contributed by atoms with Gasteiger partial charge in [0.1, 0.15) is 16.4 Å². The van der Waals surface area contributed by atoms with E-state index >= 15 is 0 Å². The van der Waals surface area contributed by atoms with E-state index in [9.17, 15) is 16.8 Å². The Kier molecular flexibility index (Phi) is 6.01. The zero-order chi connectivity index (χ0) is 18.8. The van der Waals surface area contributed by atoms with E-state index in [1.807, 2.05) is 13.8 Å². The van der Waals surface area contributed by atoms with Crippen LogP contribution < -0.4 is 9.47 Å². The Morgan fingerprint density at radius 1 is 1.24 bits per heavy atom. The predicted octanol–water partition coefficient (Wildman–Crippen LogP) is 1.54. The molecule has 0 aromatic heterocycles. The summed E-state index contributed by atoms with van der Waals surface area (Å²) in [7, 11) is -4.30. The first kappa shape index (κ1) is 20.0. The molecule has 25 heavy (non-hydrogen) atoms. The summed E-state index contributed by atoms with van der Waals surface area (Å²) >= 11 is 0. The van der Waals surface area contributed by atoms with Gasteiger partial charge in [-0.2, -0.15) is 4.31 Å². The molecule has 1 aliphatic heterocycles. The predicted molar refractivity (Wildman–Crippen MR) is 95.3 cm³/mol. The number of ether oxygens (including phenoxy) is 2. The van der Waals surface area contributed by atoms with Gasteiger partial charge in [-0.1, -0.05) is 13.8 Å². The van der Waals surface area contributed by atoms with E-state index in [0.29, 0.717) is 12.2 Å². The molecule has 0 unspecified atom stereocenters. The van der Waals surface area contributed by atoms with Gasteiger partial charge in [-0.05, 0) is 24.5 Å². The molecule has 0 spiro atoms. The van der Waals surface area contributed by atoms with Crippen molar-refractivity contribution in [1.82, 2.24) is 4.31 Å². The third-order valence-electron chi connectivity index (χ3n) is 4.12. The van der Waals surface area contributed by atoms with Gasteiger partial charge >= 0.3 is 0 Å². The van der Waals surface area contributed by atoms with Crippen molar-refractivity contribution in [2.75, 3.05) is 32.3 Å². The zero-order valence-electron chi connectivity index (χ0n) is 14.9. The van der Waals surface area contributed by atoms with Gasteiger partial charge in [0.25, 0.3) is 0 Å². The van der Waals surface area contributed by atoms with Crippen LogP contribution in [0.4, 0.5) is 0 Å². The van der Waals surface area contributed by atoms with Gasteiger partial charge in [-0.25, -0.2) is 16.8 Å². The molecule has 0 bridgehead atoms. The van der Waals surface area contributed by atoms with E-state index < -0.39 is 25.9 Å². The average molecular weight is 392 g/mol. The Bertz CT molecular complexity index is 817. The van der Waals surface area contributed by atoms with Crippen LogP contribution in [0.1, 0.15) is 20.3 Å². The summed E-state index contributed by atoms with van der Waals surface area (Å²) in [4.78, 5) is -0.0145. The van der Waals surface area contributed by atoms with Crippen LogP contribution in [0.2, 0.25) is 0 Å². The fourth-order valence-corrected chi connectivity index (χ4v) is 6.73. The Labute approximate surface area is 149 Å². The number of rotatable bonds is 7. The maximum absolute atomic E-state index is 13.3. The second-order valence-electron chi connectivity index (χ2n) is 6.54. The highest BCUT2D eigenvalue weighted by molar-refractivity contribution is 7.92. The van der Waals surface area contributed by atoms with Crippen LogP contribution in [-0.2, 0) is 19.9 Å². The van der Waals surface area contributed by atoms with Crippen LogP contribution in [0, 0.1) is 5.92 Å². The van der Waals surface area contributed by atoms with E-state index in [4.69, 9.17) is 9.47 Å². The van der Waals surface area contributed by atoms with Crippen molar-refractivity contribution < 1.29 is 26.3 Å². The van der Waals surface area contributed by atoms with E-state index in [2.05, 4.69) is 0 Å². The standard InChI is InChI=1S/C16H25NO6S2/c1-12(2)10-17(13-7-8-24(18,19)11-13)25(20,21)16-9-14(22-3)5-6-15(16)23-4/h5-6,9,12-13H,7-8,10-11H2,1-4H3/t13-/m0/s1. The number of sulfone groups is 1. The number of methoxy groups -OCH3 is 2.